The van der Waals surface area contributed by atoms with Gasteiger partial charge in [-0.25, -0.2) is 0 Å². The first-order valence-corrected chi connectivity index (χ1v) is 11.3. The summed E-state index contributed by atoms with van der Waals surface area (Å²) in [5.74, 6) is 0.0150. The maximum Gasteiger partial charge on any atom is 0.257 e. The highest BCUT2D eigenvalue weighted by atomic mass is 127. The Balaban J connectivity index is 1.51. The number of carbonyl (C=O) groups is 2. The molecule has 0 unspecified atom stereocenters. The minimum Gasteiger partial charge on any atom is -0.368 e. The third kappa shape index (κ3) is 5.91. The first kappa shape index (κ1) is 22.5. The third-order valence-electron chi connectivity index (χ3n) is 4.91. The van der Waals surface area contributed by atoms with Crippen LogP contribution in [0.1, 0.15) is 24.2 Å². The zero-order valence-electron chi connectivity index (χ0n) is 17.0. The Labute approximate surface area is 196 Å². The van der Waals surface area contributed by atoms with Crippen molar-refractivity contribution in [3.05, 3.63) is 57.7 Å². The molecule has 2 aromatic rings. The number of halogens is 1. The molecule has 1 aliphatic rings. The van der Waals surface area contributed by atoms with Gasteiger partial charge >= 0.3 is 0 Å². The van der Waals surface area contributed by atoms with Gasteiger partial charge in [-0.05, 0) is 83.3 Å². The molecule has 158 valence electrons. The molecule has 0 aromatic heterocycles. The van der Waals surface area contributed by atoms with Crippen molar-refractivity contribution in [2.24, 2.45) is 5.92 Å². The van der Waals surface area contributed by atoms with Crippen LogP contribution in [-0.2, 0) is 4.79 Å². The van der Waals surface area contributed by atoms with Crippen LogP contribution in [0.2, 0.25) is 0 Å². The molecule has 0 spiro atoms. The number of anilines is 2. The van der Waals surface area contributed by atoms with Crippen LogP contribution < -0.4 is 15.5 Å². The molecule has 0 saturated carbocycles. The van der Waals surface area contributed by atoms with Crippen molar-refractivity contribution in [2.75, 3.05) is 36.4 Å². The maximum absolute atomic E-state index is 12.3. The van der Waals surface area contributed by atoms with E-state index in [-0.39, 0.29) is 22.8 Å². The largest absolute Gasteiger partial charge is 0.368 e. The minimum atomic E-state index is -0.241. The Kier molecular flexibility index (Phi) is 7.65. The fraction of sp³-hybridized carbons (Fsp3) is 0.318. The van der Waals surface area contributed by atoms with Crippen LogP contribution in [0.3, 0.4) is 0 Å². The quantitative estimate of drug-likeness (QED) is 0.461. The smallest absolute Gasteiger partial charge is 0.257 e. The third-order valence-corrected chi connectivity index (χ3v) is 5.83. The molecule has 1 saturated heterocycles. The summed E-state index contributed by atoms with van der Waals surface area (Å²) in [5.41, 5.74) is 2.47. The molecule has 0 atom stereocenters. The zero-order valence-corrected chi connectivity index (χ0v) is 20.0. The Morgan fingerprint density at radius 2 is 1.57 bits per heavy atom. The van der Waals surface area contributed by atoms with E-state index in [2.05, 4.69) is 38.1 Å². The summed E-state index contributed by atoms with van der Waals surface area (Å²) >= 11 is 7.46. The number of amides is 2. The highest BCUT2D eigenvalue weighted by molar-refractivity contribution is 14.1. The topological polar surface area (TPSA) is 64.7 Å². The van der Waals surface area contributed by atoms with Crippen LogP contribution >= 0.6 is 34.8 Å². The van der Waals surface area contributed by atoms with Gasteiger partial charge in [0, 0.05) is 52.6 Å². The van der Waals surface area contributed by atoms with E-state index in [1.165, 1.54) is 0 Å². The van der Waals surface area contributed by atoms with Gasteiger partial charge in [-0.2, -0.15) is 0 Å². The number of rotatable bonds is 4. The first-order valence-electron chi connectivity index (χ1n) is 9.85. The predicted octanol–water partition coefficient (Wildman–Crippen LogP) is 3.72. The van der Waals surface area contributed by atoms with Crippen molar-refractivity contribution in [3.8, 4) is 0 Å². The zero-order chi connectivity index (χ0) is 21.7. The van der Waals surface area contributed by atoms with Crippen molar-refractivity contribution in [1.29, 1.82) is 0 Å². The molecule has 6 nitrogen and oxygen atoms in total. The van der Waals surface area contributed by atoms with Crippen LogP contribution in [0, 0.1) is 9.49 Å². The molecule has 2 amide bonds. The van der Waals surface area contributed by atoms with Crippen LogP contribution in [0.15, 0.2) is 48.5 Å². The molecular formula is C22H25IN4O2S. The fourth-order valence-corrected chi connectivity index (χ4v) is 3.81. The number of nitrogens with one attached hydrogen (secondary N) is 2. The highest BCUT2D eigenvalue weighted by Crippen LogP contribution is 2.20. The lowest BCUT2D eigenvalue weighted by atomic mass is 10.1. The molecule has 0 aliphatic carbocycles. The number of piperazine rings is 1. The second-order valence-electron chi connectivity index (χ2n) is 7.43. The standard InChI is InChI=1S/C22H25IN4O2S/c1-15(2)21(29)27-13-11-26(12-14-27)19-9-7-18(8-10-19)24-22(30)25-20(28)16-3-5-17(23)6-4-16/h3-10,15H,11-14H2,1-2H3,(H2,24,25,28,30). The van der Waals surface area contributed by atoms with Crippen LogP contribution in [0.4, 0.5) is 11.4 Å². The van der Waals surface area contributed by atoms with Crippen molar-refractivity contribution >= 4 is 63.1 Å². The molecule has 2 N–H and O–H groups in total. The summed E-state index contributed by atoms with van der Waals surface area (Å²) in [6, 6.07) is 15.2. The van der Waals surface area contributed by atoms with Gasteiger partial charge in [0.1, 0.15) is 0 Å². The van der Waals surface area contributed by atoms with Crippen molar-refractivity contribution in [1.82, 2.24) is 10.2 Å². The van der Waals surface area contributed by atoms with E-state index >= 15 is 0 Å². The van der Waals surface area contributed by atoms with Gasteiger partial charge in [0.15, 0.2) is 5.11 Å². The number of hydrogen-bond acceptors (Lipinski definition) is 4. The summed E-state index contributed by atoms with van der Waals surface area (Å²) < 4.78 is 1.07. The lowest BCUT2D eigenvalue weighted by Gasteiger charge is -2.37. The van der Waals surface area contributed by atoms with E-state index in [9.17, 15) is 9.59 Å². The summed E-state index contributed by atoms with van der Waals surface area (Å²) in [6.45, 7) is 6.99. The van der Waals surface area contributed by atoms with Crippen LogP contribution in [0.5, 0.6) is 0 Å². The number of carbonyl (C=O) groups excluding carboxylic acids is 2. The van der Waals surface area contributed by atoms with Gasteiger partial charge in [0.2, 0.25) is 5.91 Å². The van der Waals surface area contributed by atoms with E-state index in [0.717, 1.165) is 41.1 Å². The molecular weight excluding hydrogens is 511 g/mol. The Morgan fingerprint density at radius 1 is 0.967 bits per heavy atom. The van der Waals surface area contributed by atoms with Crippen molar-refractivity contribution in [2.45, 2.75) is 13.8 Å². The van der Waals surface area contributed by atoms with Crippen molar-refractivity contribution in [3.63, 3.8) is 0 Å². The second-order valence-corrected chi connectivity index (χ2v) is 9.08. The molecule has 1 fully saturated rings. The molecule has 1 heterocycles. The van der Waals surface area contributed by atoms with E-state index in [0.29, 0.717) is 5.56 Å². The monoisotopic (exact) mass is 536 g/mol. The van der Waals surface area contributed by atoms with Gasteiger partial charge in [0.05, 0.1) is 0 Å². The lowest BCUT2D eigenvalue weighted by molar-refractivity contribution is -0.134. The minimum absolute atomic E-state index is 0.0388. The Hall–Kier alpha value is -2.20. The van der Waals surface area contributed by atoms with Gasteiger partial charge in [-0.3, -0.25) is 14.9 Å². The van der Waals surface area contributed by atoms with Gasteiger partial charge in [-0.15, -0.1) is 0 Å². The van der Waals surface area contributed by atoms with Gasteiger partial charge in [0.25, 0.3) is 5.91 Å². The summed E-state index contributed by atoms with van der Waals surface area (Å²) in [4.78, 5) is 28.6. The maximum atomic E-state index is 12.3. The van der Waals surface area contributed by atoms with E-state index in [1.807, 2.05) is 55.1 Å². The van der Waals surface area contributed by atoms with E-state index in [1.54, 1.807) is 12.1 Å². The van der Waals surface area contributed by atoms with Crippen molar-refractivity contribution < 1.29 is 9.59 Å². The predicted molar refractivity (Wildman–Crippen MR) is 133 cm³/mol. The summed E-state index contributed by atoms with van der Waals surface area (Å²) in [6.07, 6.45) is 0. The number of nitrogens with zero attached hydrogens (tertiary/aromatic N) is 2. The average molecular weight is 536 g/mol. The first-order chi connectivity index (χ1) is 14.3. The molecule has 1 aliphatic heterocycles. The number of thiocarbonyl (C=S) groups is 1. The fourth-order valence-electron chi connectivity index (χ4n) is 3.24. The molecule has 0 bridgehead atoms. The highest BCUT2D eigenvalue weighted by Gasteiger charge is 2.22. The van der Waals surface area contributed by atoms with E-state index in [4.69, 9.17) is 12.2 Å². The van der Waals surface area contributed by atoms with Crippen LogP contribution in [0.25, 0.3) is 0 Å². The van der Waals surface area contributed by atoms with Crippen LogP contribution in [-0.4, -0.2) is 48.0 Å². The Bertz CT molecular complexity index is 908. The normalized spacial score (nSPS) is 13.9. The van der Waals surface area contributed by atoms with E-state index < -0.39 is 0 Å². The molecule has 2 aromatic carbocycles. The van der Waals surface area contributed by atoms with Gasteiger partial charge in [-0.1, -0.05) is 13.8 Å². The summed E-state index contributed by atoms with van der Waals surface area (Å²) in [5, 5.41) is 6.00. The molecule has 0 radical (unpaired) electrons. The number of benzene rings is 2. The number of hydrogen-bond donors (Lipinski definition) is 2. The second kappa shape index (κ2) is 10.2. The average Bonchev–Trinajstić information content (AvgIpc) is 2.74. The lowest BCUT2D eigenvalue weighted by Crippen LogP contribution is -2.49. The molecule has 30 heavy (non-hydrogen) atoms. The SMILES string of the molecule is CC(C)C(=O)N1CCN(c2ccc(NC(=S)NC(=O)c3ccc(I)cc3)cc2)CC1. The molecule has 8 heteroatoms. The van der Waals surface area contributed by atoms with Gasteiger partial charge < -0.3 is 15.1 Å². The summed E-state index contributed by atoms with van der Waals surface area (Å²) in [7, 11) is 0. The Morgan fingerprint density at radius 3 is 2.13 bits per heavy atom. The molecule has 3 rings (SSSR count).